The minimum atomic E-state index is -0.812. The van der Waals surface area contributed by atoms with E-state index in [4.69, 9.17) is 14.2 Å². The number of carbonyl (C=O) groups is 3. The van der Waals surface area contributed by atoms with Crippen LogP contribution < -0.4 is 0 Å². The molecule has 0 heterocycles. The standard InChI is InChI=1S/C75H136O6/c1-4-7-10-13-16-19-22-25-28-30-31-32-33-34-35-36-37-38-39-40-41-42-43-45-47-50-53-56-59-62-65-68-74(77)80-71-72(70-79-73(76)67-64-61-58-55-52-49-46-27-24-21-18-15-12-9-6-3)81-75(78)69-66-63-60-57-54-51-48-44-29-26-23-20-17-14-11-8-5-2/h9,12,18,21,27,46,52,55,61,64,72H,4-8,10-11,13-17,19-20,22-26,28-45,47-51,53-54,56-60,62-63,65-71H2,1-3H3/b12-9-,21-18-,46-27-,55-52-,64-61-. The highest BCUT2D eigenvalue weighted by molar-refractivity contribution is 5.72. The number of esters is 3. The molecule has 0 saturated heterocycles. The van der Waals surface area contributed by atoms with Crippen molar-refractivity contribution in [3.05, 3.63) is 60.8 Å². The molecule has 0 fully saturated rings. The van der Waals surface area contributed by atoms with Crippen LogP contribution in [0.15, 0.2) is 60.8 Å². The van der Waals surface area contributed by atoms with Gasteiger partial charge in [0.1, 0.15) is 13.2 Å². The van der Waals surface area contributed by atoms with E-state index < -0.39 is 12.1 Å². The maximum atomic E-state index is 12.9. The Hall–Kier alpha value is -2.89. The van der Waals surface area contributed by atoms with E-state index in [1.165, 1.54) is 270 Å². The van der Waals surface area contributed by atoms with E-state index in [9.17, 15) is 14.4 Å². The van der Waals surface area contributed by atoms with Crippen molar-refractivity contribution in [1.29, 1.82) is 0 Å². The number of hydrogen-bond acceptors (Lipinski definition) is 6. The molecular formula is C75H136O6. The van der Waals surface area contributed by atoms with Crippen molar-refractivity contribution in [3.63, 3.8) is 0 Å². The fraction of sp³-hybridized carbons (Fsp3) is 0.827. The lowest BCUT2D eigenvalue weighted by atomic mass is 10.0. The summed E-state index contributed by atoms with van der Waals surface area (Å²) in [6.07, 6.45) is 90.2. The van der Waals surface area contributed by atoms with Crippen LogP contribution in [0.4, 0.5) is 0 Å². The first-order valence-electron chi connectivity index (χ1n) is 35.8. The topological polar surface area (TPSA) is 78.9 Å². The molecule has 0 aliphatic carbocycles. The first kappa shape index (κ1) is 78.1. The van der Waals surface area contributed by atoms with Crippen molar-refractivity contribution in [2.75, 3.05) is 13.2 Å². The largest absolute Gasteiger partial charge is 0.462 e. The molecule has 1 unspecified atom stereocenters. The molecule has 81 heavy (non-hydrogen) atoms. The summed E-state index contributed by atoms with van der Waals surface area (Å²) in [5.41, 5.74) is 0. The summed E-state index contributed by atoms with van der Waals surface area (Å²) in [6, 6.07) is 0. The number of allylic oxidation sites excluding steroid dienone is 9. The number of carbonyl (C=O) groups excluding carboxylic acids is 3. The average Bonchev–Trinajstić information content (AvgIpc) is 3.47. The van der Waals surface area contributed by atoms with Gasteiger partial charge in [0, 0.05) is 12.8 Å². The highest BCUT2D eigenvalue weighted by Crippen LogP contribution is 2.19. The predicted molar refractivity (Wildman–Crippen MR) is 353 cm³/mol. The Morgan fingerprint density at radius 1 is 0.259 bits per heavy atom. The zero-order valence-corrected chi connectivity index (χ0v) is 54.3. The van der Waals surface area contributed by atoms with Crippen LogP contribution in [0.5, 0.6) is 0 Å². The normalized spacial score (nSPS) is 12.4. The van der Waals surface area contributed by atoms with E-state index in [-0.39, 0.29) is 31.6 Å². The SMILES string of the molecule is CC/C=C\C/C=C\C/C=C\C/C=C\C/C=C\CC(=O)OCC(COC(=O)CCCCCCCCCCCCCCCCCCCCCCCCCCCCCCCCC)OC(=O)CCCCCCCCCCCCCCCCCCC. The van der Waals surface area contributed by atoms with E-state index in [0.717, 1.165) is 70.6 Å². The Morgan fingerprint density at radius 3 is 0.753 bits per heavy atom. The summed E-state index contributed by atoms with van der Waals surface area (Å²) >= 11 is 0. The number of hydrogen-bond donors (Lipinski definition) is 0. The average molecular weight is 1130 g/mol. The number of unbranched alkanes of at least 4 members (excludes halogenated alkanes) is 46. The Balaban J connectivity index is 4.21. The fourth-order valence-corrected chi connectivity index (χ4v) is 10.8. The van der Waals surface area contributed by atoms with Gasteiger partial charge < -0.3 is 14.2 Å². The summed E-state index contributed by atoms with van der Waals surface area (Å²) < 4.78 is 16.9. The van der Waals surface area contributed by atoms with Crippen LogP contribution in [0.25, 0.3) is 0 Å². The smallest absolute Gasteiger partial charge is 0.309 e. The second kappa shape index (κ2) is 69.6. The second-order valence-electron chi connectivity index (χ2n) is 24.2. The maximum Gasteiger partial charge on any atom is 0.309 e. The van der Waals surface area contributed by atoms with Crippen molar-refractivity contribution >= 4 is 17.9 Å². The molecular weight excluding hydrogens is 997 g/mol. The van der Waals surface area contributed by atoms with Gasteiger partial charge in [-0.15, -0.1) is 0 Å². The van der Waals surface area contributed by atoms with E-state index in [2.05, 4.69) is 69.4 Å². The van der Waals surface area contributed by atoms with Gasteiger partial charge in [0.2, 0.25) is 0 Å². The first-order valence-corrected chi connectivity index (χ1v) is 35.8. The molecule has 0 aliphatic heterocycles. The summed E-state index contributed by atoms with van der Waals surface area (Å²) in [5, 5.41) is 0. The van der Waals surface area contributed by atoms with Crippen molar-refractivity contribution < 1.29 is 28.6 Å². The lowest BCUT2D eigenvalue weighted by molar-refractivity contribution is -0.166. The highest BCUT2D eigenvalue weighted by Gasteiger charge is 2.19. The van der Waals surface area contributed by atoms with Crippen LogP contribution in [-0.2, 0) is 28.6 Å². The number of ether oxygens (including phenoxy) is 3. The third kappa shape index (κ3) is 67.8. The van der Waals surface area contributed by atoms with E-state index in [0.29, 0.717) is 12.8 Å². The highest BCUT2D eigenvalue weighted by atomic mass is 16.6. The van der Waals surface area contributed by atoms with E-state index in [1.54, 1.807) is 0 Å². The van der Waals surface area contributed by atoms with Gasteiger partial charge in [0.25, 0.3) is 0 Å². The predicted octanol–water partition coefficient (Wildman–Crippen LogP) is 24.7. The quantitative estimate of drug-likeness (QED) is 0.0261. The Morgan fingerprint density at radius 2 is 0.481 bits per heavy atom. The van der Waals surface area contributed by atoms with Crippen LogP contribution in [0.3, 0.4) is 0 Å². The van der Waals surface area contributed by atoms with Crippen molar-refractivity contribution in [2.24, 2.45) is 0 Å². The molecule has 0 radical (unpaired) electrons. The molecule has 0 rings (SSSR count). The third-order valence-corrected chi connectivity index (χ3v) is 16.1. The molecule has 6 nitrogen and oxygen atoms in total. The molecule has 0 aromatic heterocycles. The Bertz CT molecular complexity index is 1440. The summed E-state index contributed by atoms with van der Waals surface area (Å²) in [6.45, 7) is 6.51. The molecule has 0 saturated carbocycles. The van der Waals surface area contributed by atoms with Gasteiger partial charge in [-0.1, -0.05) is 377 Å². The minimum Gasteiger partial charge on any atom is -0.462 e. The van der Waals surface area contributed by atoms with Crippen molar-refractivity contribution in [1.82, 2.24) is 0 Å². The molecule has 0 aromatic carbocycles. The van der Waals surface area contributed by atoms with Gasteiger partial charge in [-0.3, -0.25) is 14.4 Å². The Labute approximate surface area is 504 Å². The zero-order valence-electron chi connectivity index (χ0n) is 54.3. The summed E-state index contributed by atoms with van der Waals surface area (Å²) in [4.78, 5) is 38.3. The van der Waals surface area contributed by atoms with Gasteiger partial charge >= 0.3 is 17.9 Å². The van der Waals surface area contributed by atoms with Crippen LogP contribution in [0.1, 0.15) is 380 Å². The summed E-state index contributed by atoms with van der Waals surface area (Å²) in [7, 11) is 0. The minimum absolute atomic E-state index is 0.0990. The van der Waals surface area contributed by atoms with Gasteiger partial charge in [0.05, 0.1) is 6.42 Å². The summed E-state index contributed by atoms with van der Waals surface area (Å²) in [5.74, 6) is -1.01. The molecule has 0 aliphatic rings. The van der Waals surface area contributed by atoms with Gasteiger partial charge in [0.15, 0.2) is 6.10 Å². The number of rotatable bonds is 66. The fourth-order valence-electron chi connectivity index (χ4n) is 10.8. The molecule has 0 bridgehead atoms. The lowest BCUT2D eigenvalue weighted by Crippen LogP contribution is -2.30. The van der Waals surface area contributed by atoms with E-state index >= 15 is 0 Å². The molecule has 0 amide bonds. The van der Waals surface area contributed by atoms with Gasteiger partial charge in [-0.2, -0.15) is 0 Å². The lowest BCUT2D eigenvalue weighted by Gasteiger charge is -2.18. The molecule has 0 N–H and O–H groups in total. The first-order chi connectivity index (χ1) is 40.0. The van der Waals surface area contributed by atoms with Crippen LogP contribution in [0.2, 0.25) is 0 Å². The van der Waals surface area contributed by atoms with Crippen LogP contribution in [0, 0.1) is 0 Å². The van der Waals surface area contributed by atoms with Gasteiger partial charge in [-0.25, -0.2) is 0 Å². The van der Waals surface area contributed by atoms with Gasteiger partial charge in [-0.05, 0) is 44.9 Å². The molecule has 472 valence electrons. The van der Waals surface area contributed by atoms with Crippen molar-refractivity contribution in [3.8, 4) is 0 Å². The maximum absolute atomic E-state index is 12.9. The zero-order chi connectivity index (χ0) is 58.5. The molecule has 0 spiro atoms. The van der Waals surface area contributed by atoms with Crippen molar-refractivity contribution in [2.45, 2.75) is 386 Å². The Kier molecular flexibility index (Phi) is 67.1. The van der Waals surface area contributed by atoms with E-state index in [1.807, 2.05) is 12.2 Å². The third-order valence-electron chi connectivity index (χ3n) is 16.1. The van der Waals surface area contributed by atoms with Crippen LogP contribution in [-0.4, -0.2) is 37.2 Å². The second-order valence-corrected chi connectivity index (χ2v) is 24.2. The molecule has 0 aromatic rings. The monoisotopic (exact) mass is 1130 g/mol. The van der Waals surface area contributed by atoms with Crippen LogP contribution >= 0.6 is 0 Å². The molecule has 1 atom stereocenters. The molecule has 6 heteroatoms.